The number of aryl methyl sites for hydroxylation is 2. The first-order valence-electron chi connectivity index (χ1n) is 8.43. The van der Waals surface area contributed by atoms with Gasteiger partial charge < -0.3 is 5.32 Å². The van der Waals surface area contributed by atoms with Crippen molar-refractivity contribution >= 4 is 23.1 Å². The fraction of sp³-hybridized carbons (Fsp3) is 0.250. The number of carbonyl (C=O) groups is 1. The number of benzene rings is 1. The molecule has 25 heavy (non-hydrogen) atoms. The van der Waals surface area contributed by atoms with Crippen molar-refractivity contribution in [2.75, 3.05) is 5.32 Å². The molecule has 0 radical (unpaired) electrons. The topological polar surface area (TPSA) is 54.9 Å². The fourth-order valence-electron chi connectivity index (χ4n) is 2.57. The Labute approximate surface area is 152 Å². The van der Waals surface area contributed by atoms with Crippen LogP contribution in [0, 0.1) is 6.92 Å². The highest BCUT2D eigenvalue weighted by molar-refractivity contribution is 7.15. The molecule has 0 aliphatic carbocycles. The lowest BCUT2D eigenvalue weighted by Crippen LogP contribution is -2.10. The molecular formula is C20H21N3OS. The largest absolute Gasteiger partial charge is 0.311 e. The highest BCUT2D eigenvalue weighted by Gasteiger charge is 2.15. The minimum absolute atomic E-state index is 0.0397. The highest BCUT2D eigenvalue weighted by Crippen LogP contribution is 2.37. The summed E-state index contributed by atoms with van der Waals surface area (Å²) in [6.07, 6.45) is 3.06. The predicted molar refractivity (Wildman–Crippen MR) is 104 cm³/mol. The first kappa shape index (κ1) is 17.3. The van der Waals surface area contributed by atoms with E-state index in [9.17, 15) is 4.79 Å². The minimum Gasteiger partial charge on any atom is -0.311 e. The van der Waals surface area contributed by atoms with Crippen LogP contribution < -0.4 is 5.32 Å². The van der Waals surface area contributed by atoms with Crippen molar-refractivity contribution < 1.29 is 4.79 Å². The number of anilines is 1. The van der Waals surface area contributed by atoms with E-state index in [1.165, 1.54) is 5.56 Å². The molecule has 0 aliphatic heterocycles. The summed E-state index contributed by atoms with van der Waals surface area (Å²) in [6.45, 7) is 6.02. The second-order valence-electron chi connectivity index (χ2n) is 5.84. The number of hydrogen-bond donors (Lipinski definition) is 1. The molecule has 3 rings (SSSR count). The molecular weight excluding hydrogens is 330 g/mol. The average Bonchev–Trinajstić information content (AvgIpc) is 3.06. The van der Waals surface area contributed by atoms with Crippen LogP contribution in [0.1, 0.15) is 30.8 Å². The third kappa shape index (κ3) is 3.94. The van der Waals surface area contributed by atoms with Crippen LogP contribution in [0.25, 0.3) is 21.7 Å². The smallest absolute Gasteiger partial charge is 0.225 e. The lowest BCUT2D eigenvalue weighted by Gasteiger charge is -2.07. The van der Waals surface area contributed by atoms with E-state index in [1.54, 1.807) is 17.5 Å². The van der Waals surface area contributed by atoms with E-state index in [4.69, 9.17) is 4.98 Å². The second kappa shape index (κ2) is 7.57. The van der Waals surface area contributed by atoms with Gasteiger partial charge in [-0.2, -0.15) is 0 Å². The van der Waals surface area contributed by atoms with Crippen LogP contribution in [0.3, 0.4) is 0 Å². The maximum atomic E-state index is 11.6. The summed E-state index contributed by atoms with van der Waals surface area (Å²) in [6, 6.07) is 12.3. The Balaban J connectivity index is 2.06. The molecule has 0 atom stereocenters. The number of hydrogen-bond acceptors (Lipinski definition) is 4. The fourth-order valence-corrected chi connectivity index (χ4v) is 3.59. The third-order valence-electron chi connectivity index (χ3n) is 3.88. The summed E-state index contributed by atoms with van der Waals surface area (Å²) in [5.74, 6) is 0.535. The summed E-state index contributed by atoms with van der Waals surface area (Å²) in [5.41, 5.74) is 4.33. The molecule has 1 aromatic carbocycles. The monoisotopic (exact) mass is 351 g/mol. The first-order valence-corrected chi connectivity index (χ1v) is 9.25. The van der Waals surface area contributed by atoms with Gasteiger partial charge in [0.05, 0.1) is 15.6 Å². The van der Waals surface area contributed by atoms with Gasteiger partial charge in [0.1, 0.15) is 5.82 Å². The Hall–Kier alpha value is -2.53. The molecule has 1 N–H and O–H groups in total. The maximum absolute atomic E-state index is 11.6. The van der Waals surface area contributed by atoms with Crippen molar-refractivity contribution in [3.05, 3.63) is 53.2 Å². The Kier molecular flexibility index (Phi) is 5.24. The van der Waals surface area contributed by atoms with Crippen molar-refractivity contribution in [2.24, 2.45) is 0 Å². The van der Waals surface area contributed by atoms with E-state index < -0.39 is 0 Å². The van der Waals surface area contributed by atoms with Crippen molar-refractivity contribution in [1.29, 1.82) is 0 Å². The van der Waals surface area contributed by atoms with E-state index >= 15 is 0 Å². The maximum Gasteiger partial charge on any atom is 0.225 e. The molecule has 5 heteroatoms. The SMILES string of the molecule is CCC(=O)Nc1cc(-c2sc(CC)nc2-c2cccc(C)c2)ccn1. The van der Waals surface area contributed by atoms with Gasteiger partial charge in [0.15, 0.2) is 0 Å². The number of rotatable bonds is 5. The van der Waals surface area contributed by atoms with Crippen molar-refractivity contribution in [3.8, 4) is 21.7 Å². The van der Waals surface area contributed by atoms with E-state index in [2.05, 4.69) is 48.4 Å². The standard InChI is InChI=1S/C20H21N3OS/c1-4-17(24)22-16-12-15(9-10-21-16)20-19(23-18(5-2)25-20)14-8-6-7-13(3)11-14/h6-12H,4-5H2,1-3H3,(H,21,22,24). The van der Waals surface area contributed by atoms with Gasteiger partial charge >= 0.3 is 0 Å². The van der Waals surface area contributed by atoms with Gasteiger partial charge in [0.2, 0.25) is 5.91 Å². The van der Waals surface area contributed by atoms with E-state index in [0.717, 1.165) is 33.1 Å². The molecule has 1 amide bonds. The molecule has 0 fully saturated rings. The molecule has 128 valence electrons. The van der Waals surface area contributed by atoms with Crippen molar-refractivity contribution in [3.63, 3.8) is 0 Å². The van der Waals surface area contributed by atoms with Gasteiger partial charge in [0, 0.05) is 18.2 Å². The van der Waals surface area contributed by atoms with E-state index in [-0.39, 0.29) is 5.91 Å². The summed E-state index contributed by atoms with van der Waals surface area (Å²) in [4.78, 5) is 21.8. The first-order chi connectivity index (χ1) is 12.1. The van der Waals surface area contributed by atoms with Gasteiger partial charge in [0.25, 0.3) is 0 Å². The normalized spacial score (nSPS) is 10.7. The summed E-state index contributed by atoms with van der Waals surface area (Å²) >= 11 is 1.70. The van der Waals surface area contributed by atoms with Crippen LogP contribution in [0.2, 0.25) is 0 Å². The van der Waals surface area contributed by atoms with Crippen molar-refractivity contribution in [1.82, 2.24) is 9.97 Å². The van der Waals surface area contributed by atoms with Crippen molar-refractivity contribution in [2.45, 2.75) is 33.6 Å². The number of aromatic nitrogens is 2. The molecule has 2 heterocycles. The van der Waals surface area contributed by atoms with Crippen LogP contribution in [0.4, 0.5) is 5.82 Å². The highest BCUT2D eigenvalue weighted by atomic mass is 32.1. The zero-order valence-electron chi connectivity index (χ0n) is 14.7. The van der Waals surface area contributed by atoms with Gasteiger partial charge in [-0.1, -0.05) is 37.6 Å². The Morgan fingerprint density at radius 3 is 2.72 bits per heavy atom. The molecule has 0 unspecified atom stereocenters. The molecule has 0 bridgehead atoms. The number of amides is 1. The predicted octanol–water partition coefficient (Wildman–Crippen LogP) is 5.09. The average molecular weight is 351 g/mol. The van der Waals surface area contributed by atoms with Gasteiger partial charge in [-0.3, -0.25) is 4.79 Å². The lowest BCUT2D eigenvalue weighted by atomic mass is 10.1. The number of nitrogens with zero attached hydrogens (tertiary/aromatic N) is 2. The van der Waals surface area contributed by atoms with Gasteiger partial charge in [-0.25, -0.2) is 9.97 Å². The molecule has 3 aromatic rings. The molecule has 4 nitrogen and oxygen atoms in total. The summed E-state index contributed by atoms with van der Waals surface area (Å²) in [5, 5.41) is 3.92. The summed E-state index contributed by atoms with van der Waals surface area (Å²) < 4.78 is 0. The van der Waals surface area contributed by atoms with Crippen LogP contribution in [0.5, 0.6) is 0 Å². The van der Waals surface area contributed by atoms with Crippen LogP contribution in [-0.2, 0) is 11.2 Å². The Morgan fingerprint density at radius 1 is 1.16 bits per heavy atom. The van der Waals surface area contributed by atoms with E-state index in [0.29, 0.717) is 12.2 Å². The van der Waals surface area contributed by atoms with Gasteiger partial charge in [-0.15, -0.1) is 11.3 Å². The zero-order valence-corrected chi connectivity index (χ0v) is 15.5. The molecule has 0 saturated heterocycles. The third-order valence-corrected chi connectivity index (χ3v) is 5.12. The quantitative estimate of drug-likeness (QED) is 0.696. The molecule has 0 saturated carbocycles. The molecule has 2 aromatic heterocycles. The van der Waals surface area contributed by atoms with E-state index in [1.807, 2.05) is 19.1 Å². The zero-order chi connectivity index (χ0) is 17.8. The van der Waals surface area contributed by atoms with Crippen LogP contribution in [0.15, 0.2) is 42.6 Å². The number of nitrogens with one attached hydrogen (secondary N) is 1. The minimum atomic E-state index is -0.0397. The number of pyridine rings is 1. The summed E-state index contributed by atoms with van der Waals surface area (Å²) in [7, 11) is 0. The Morgan fingerprint density at radius 2 is 2.00 bits per heavy atom. The second-order valence-corrected chi connectivity index (χ2v) is 6.92. The van der Waals surface area contributed by atoms with Crippen LogP contribution in [-0.4, -0.2) is 15.9 Å². The number of carbonyl (C=O) groups excluding carboxylic acids is 1. The Bertz CT molecular complexity index is 901. The molecule has 0 spiro atoms. The number of thiazole rings is 1. The molecule has 0 aliphatic rings. The van der Waals surface area contributed by atoms with Gasteiger partial charge in [-0.05, 0) is 37.1 Å². The van der Waals surface area contributed by atoms with Crippen LogP contribution >= 0.6 is 11.3 Å². The lowest BCUT2D eigenvalue weighted by molar-refractivity contribution is -0.115.